The highest BCUT2D eigenvalue weighted by Gasteiger charge is 2.27. The monoisotopic (exact) mass is 215 g/mol. The van der Waals surface area contributed by atoms with Crippen LogP contribution in [-0.4, -0.2) is 33.9 Å². The van der Waals surface area contributed by atoms with Gasteiger partial charge in [0.15, 0.2) is 0 Å². The van der Waals surface area contributed by atoms with Crippen molar-refractivity contribution in [3.05, 3.63) is 24.3 Å². The molecule has 0 bridgehead atoms. The maximum absolute atomic E-state index is 11.6. The molecule has 0 radical (unpaired) electrons. The van der Waals surface area contributed by atoms with Gasteiger partial charge in [-0.2, -0.15) is 0 Å². The van der Waals surface area contributed by atoms with Crippen LogP contribution in [0.25, 0.3) is 0 Å². The van der Waals surface area contributed by atoms with E-state index in [2.05, 4.69) is 15.9 Å². The zero-order chi connectivity index (χ0) is 11.4. The van der Waals surface area contributed by atoms with Crippen molar-refractivity contribution in [2.24, 2.45) is 5.92 Å². The lowest BCUT2D eigenvalue weighted by atomic mass is 10.1. The van der Waals surface area contributed by atoms with Crippen LogP contribution in [-0.2, 0) is 11.2 Å². The number of aromatic nitrogens is 2. The molecule has 0 saturated carbocycles. The second kappa shape index (κ2) is 4.75. The van der Waals surface area contributed by atoms with Gasteiger partial charge in [0.2, 0.25) is 5.91 Å². The van der Waals surface area contributed by atoms with Gasteiger partial charge in [-0.1, -0.05) is 0 Å². The second-order valence-electron chi connectivity index (χ2n) is 3.90. The fourth-order valence-electron chi connectivity index (χ4n) is 1.82. The minimum atomic E-state index is 0.0829. The van der Waals surface area contributed by atoms with E-state index >= 15 is 0 Å². The quantitative estimate of drug-likeness (QED) is 0.690. The normalized spacial score (nSPS) is 19.8. The Balaban J connectivity index is 1.88. The van der Waals surface area contributed by atoms with Gasteiger partial charge in [0, 0.05) is 37.8 Å². The smallest absolute Gasteiger partial charge is 0.223 e. The lowest BCUT2D eigenvalue weighted by Crippen LogP contribution is -2.27. The molecule has 1 atom stereocenters. The number of terminal acetylenes is 1. The minimum absolute atomic E-state index is 0.0829. The maximum atomic E-state index is 11.6. The fraction of sp³-hybridized carbons (Fsp3) is 0.417. The minimum Gasteiger partial charge on any atom is -0.341 e. The molecule has 0 N–H and O–H groups in total. The van der Waals surface area contributed by atoms with Crippen LogP contribution in [0.4, 0.5) is 0 Å². The molecule has 2 rings (SSSR count). The average Bonchev–Trinajstić information content (AvgIpc) is 2.69. The molecule has 1 amide bonds. The number of hydrogen-bond acceptors (Lipinski definition) is 3. The molecule has 1 fully saturated rings. The summed E-state index contributed by atoms with van der Waals surface area (Å²) < 4.78 is 0. The molecule has 1 unspecified atom stereocenters. The molecule has 1 aromatic heterocycles. The SMILES string of the molecule is C#CC1CC(=O)N(CCc2cncnc2)C1. The second-order valence-corrected chi connectivity index (χ2v) is 3.90. The van der Waals surface area contributed by atoms with Crippen molar-refractivity contribution in [2.45, 2.75) is 12.8 Å². The molecule has 0 spiro atoms. The molecule has 1 aliphatic rings. The molecule has 1 saturated heterocycles. The van der Waals surface area contributed by atoms with Crippen molar-refractivity contribution in [1.82, 2.24) is 14.9 Å². The van der Waals surface area contributed by atoms with Gasteiger partial charge in [-0.25, -0.2) is 9.97 Å². The summed E-state index contributed by atoms with van der Waals surface area (Å²) in [4.78, 5) is 21.2. The van der Waals surface area contributed by atoms with Crippen molar-refractivity contribution in [3.63, 3.8) is 0 Å². The van der Waals surface area contributed by atoms with Crippen LogP contribution < -0.4 is 0 Å². The first-order chi connectivity index (χ1) is 7.79. The van der Waals surface area contributed by atoms with Crippen LogP contribution in [0.2, 0.25) is 0 Å². The van der Waals surface area contributed by atoms with E-state index in [4.69, 9.17) is 6.42 Å². The van der Waals surface area contributed by atoms with Crippen molar-refractivity contribution < 1.29 is 4.79 Å². The van der Waals surface area contributed by atoms with Gasteiger partial charge >= 0.3 is 0 Å². The summed E-state index contributed by atoms with van der Waals surface area (Å²) in [6.07, 6.45) is 11.6. The van der Waals surface area contributed by atoms with Gasteiger partial charge in [-0.15, -0.1) is 12.3 Å². The van der Waals surface area contributed by atoms with Crippen LogP contribution in [0.15, 0.2) is 18.7 Å². The van der Waals surface area contributed by atoms with E-state index in [-0.39, 0.29) is 11.8 Å². The fourth-order valence-corrected chi connectivity index (χ4v) is 1.82. The Labute approximate surface area is 94.7 Å². The van der Waals surface area contributed by atoms with Gasteiger partial charge in [0.05, 0.1) is 0 Å². The summed E-state index contributed by atoms with van der Waals surface area (Å²) in [6, 6.07) is 0. The van der Waals surface area contributed by atoms with E-state index in [1.807, 2.05) is 4.90 Å². The van der Waals surface area contributed by atoms with E-state index in [0.29, 0.717) is 19.5 Å². The highest BCUT2D eigenvalue weighted by atomic mass is 16.2. The van der Waals surface area contributed by atoms with Gasteiger partial charge in [0.1, 0.15) is 6.33 Å². The summed E-state index contributed by atoms with van der Waals surface area (Å²) in [5, 5.41) is 0. The van der Waals surface area contributed by atoms with Gasteiger partial charge in [-0.05, 0) is 12.0 Å². The zero-order valence-electron chi connectivity index (χ0n) is 8.97. The lowest BCUT2D eigenvalue weighted by molar-refractivity contribution is -0.127. The van der Waals surface area contributed by atoms with E-state index < -0.39 is 0 Å². The number of carbonyl (C=O) groups is 1. The molecule has 4 nitrogen and oxygen atoms in total. The largest absolute Gasteiger partial charge is 0.341 e. The van der Waals surface area contributed by atoms with Gasteiger partial charge in [0.25, 0.3) is 0 Å². The summed E-state index contributed by atoms with van der Waals surface area (Å²) in [7, 11) is 0. The molecule has 1 aliphatic heterocycles. The molecule has 1 aromatic rings. The topological polar surface area (TPSA) is 46.1 Å². The Morgan fingerprint density at radius 1 is 1.50 bits per heavy atom. The third-order valence-corrected chi connectivity index (χ3v) is 2.73. The Bertz CT molecular complexity index is 410. The van der Waals surface area contributed by atoms with E-state index in [1.165, 1.54) is 6.33 Å². The van der Waals surface area contributed by atoms with Crippen molar-refractivity contribution >= 4 is 5.91 Å². The van der Waals surface area contributed by atoms with Gasteiger partial charge in [-0.3, -0.25) is 4.79 Å². The number of nitrogens with zero attached hydrogens (tertiary/aromatic N) is 3. The molecule has 0 aliphatic carbocycles. The summed E-state index contributed by atoms with van der Waals surface area (Å²) in [6.45, 7) is 1.38. The first-order valence-corrected chi connectivity index (χ1v) is 5.27. The third kappa shape index (κ3) is 2.37. The number of rotatable bonds is 3. The molecular weight excluding hydrogens is 202 g/mol. The highest BCUT2D eigenvalue weighted by molar-refractivity contribution is 5.79. The summed E-state index contributed by atoms with van der Waals surface area (Å²) in [5.74, 6) is 2.87. The maximum Gasteiger partial charge on any atom is 0.223 e. The van der Waals surface area contributed by atoms with Crippen molar-refractivity contribution in [2.75, 3.05) is 13.1 Å². The Morgan fingerprint density at radius 3 is 2.88 bits per heavy atom. The van der Waals surface area contributed by atoms with Crippen molar-refractivity contribution in [3.8, 4) is 12.3 Å². The summed E-state index contributed by atoms with van der Waals surface area (Å²) >= 11 is 0. The molecule has 16 heavy (non-hydrogen) atoms. The number of carbonyl (C=O) groups excluding carboxylic acids is 1. The molecule has 0 aromatic carbocycles. The third-order valence-electron chi connectivity index (χ3n) is 2.73. The van der Waals surface area contributed by atoms with E-state index in [1.54, 1.807) is 12.4 Å². The van der Waals surface area contributed by atoms with Gasteiger partial charge < -0.3 is 4.90 Å². The first-order valence-electron chi connectivity index (χ1n) is 5.27. The zero-order valence-corrected chi connectivity index (χ0v) is 8.97. The van der Waals surface area contributed by atoms with Crippen LogP contribution in [0.5, 0.6) is 0 Å². The molecule has 2 heterocycles. The number of amides is 1. The average molecular weight is 215 g/mol. The lowest BCUT2D eigenvalue weighted by Gasteiger charge is -2.15. The van der Waals surface area contributed by atoms with Crippen molar-refractivity contribution in [1.29, 1.82) is 0 Å². The Hall–Kier alpha value is -1.89. The van der Waals surface area contributed by atoms with E-state index in [0.717, 1.165) is 12.0 Å². The number of likely N-dealkylation sites (tertiary alicyclic amines) is 1. The Morgan fingerprint density at radius 2 is 2.25 bits per heavy atom. The van der Waals surface area contributed by atoms with Crippen LogP contribution in [0, 0.1) is 18.3 Å². The molecular formula is C12H13N3O. The number of hydrogen-bond donors (Lipinski definition) is 0. The van der Waals surface area contributed by atoms with Crippen LogP contribution >= 0.6 is 0 Å². The highest BCUT2D eigenvalue weighted by Crippen LogP contribution is 2.16. The standard InChI is InChI=1S/C12H13N3O/c1-2-10-5-12(16)15(8-10)4-3-11-6-13-9-14-7-11/h1,6-7,9-10H,3-5,8H2. The first kappa shape index (κ1) is 10.6. The Kier molecular flexibility index (Phi) is 3.16. The van der Waals surface area contributed by atoms with Crippen LogP contribution in [0.3, 0.4) is 0 Å². The van der Waals surface area contributed by atoms with E-state index in [9.17, 15) is 4.79 Å². The summed E-state index contributed by atoms with van der Waals surface area (Å²) in [5.41, 5.74) is 1.04. The predicted molar refractivity (Wildman–Crippen MR) is 59.3 cm³/mol. The molecule has 82 valence electrons. The predicted octanol–water partition coefficient (Wildman–Crippen LogP) is 0.501. The molecule has 4 heteroatoms. The van der Waals surface area contributed by atoms with Crippen LogP contribution in [0.1, 0.15) is 12.0 Å².